The number of halogens is 1. The van der Waals surface area contributed by atoms with E-state index in [0.717, 1.165) is 42.8 Å². The van der Waals surface area contributed by atoms with Crippen LogP contribution in [0, 0.1) is 20.8 Å². The first kappa shape index (κ1) is 25.0. The SMILES string of the molecule is Cc1cccc(C)c1OCCCN(C)C(=O)c1c(C)cc(C2CCCNC2)oc1=O.Cl. The van der Waals surface area contributed by atoms with Gasteiger partial charge in [0.05, 0.1) is 6.61 Å². The molecular formula is C24H33ClN2O4. The Labute approximate surface area is 190 Å². The first-order chi connectivity index (χ1) is 14.4. The van der Waals surface area contributed by atoms with E-state index >= 15 is 0 Å². The smallest absolute Gasteiger partial charge is 0.349 e. The number of hydrogen-bond acceptors (Lipinski definition) is 5. The molecule has 0 saturated carbocycles. The van der Waals surface area contributed by atoms with Crippen molar-refractivity contribution in [2.45, 2.75) is 46.0 Å². The number of nitrogens with one attached hydrogen (secondary N) is 1. The molecule has 0 radical (unpaired) electrons. The van der Waals surface area contributed by atoms with Gasteiger partial charge < -0.3 is 19.4 Å². The Morgan fingerprint density at radius 2 is 1.94 bits per heavy atom. The summed E-state index contributed by atoms with van der Waals surface area (Å²) in [6, 6.07) is 7.90. The van der Waals surface area contributed by atoms with Crippen molar-refractivity contribution in [1.82, 2.24) is 10.2 Å². The number of rotatable bonds is 7. The summed E-state index contributed by atoms with van der Waals surface area (Å²) in [5, 5.41) is 3.33. The lowest BCUT2D eigenvalue weighted by Crippen LogP contribution is -2.34. The van der Waals surface area contributed by atoms with Crippen molar-refractivity contribution in [3.8, 4) is 5.75 Å². The van der Waals surface area contributed by atoms with Crippen molar-refractivity contribution in [1.29, 1.82) is 0 Å². The molecule has 1 saturated heterocycles. The van der Waals surface area contributed by atoms with E-state index in [-0.39, 0.29) is 29.8 Å². The highest BCUT2D eigenvalue weighted by molar-refractivity contribution is 5.94. The third-order valence-electron chi connectivity index (χ3n) is 5.72. The lowest BCUT2D eigenvalue weighted by molar-refractivity contribution is 0.0781. The number of para-hydroxylation sites is 1. The standard InChI is InChI=1S/C24H32N2O4.ClH/c1-16-8-5-9-17(2)22(16)29-13-7-12-26(4)23(27)21-18(3)14-20(30-24(21)28)19-10-6-11-25-15-19;/h5,8-9,14,19,25H,6-7,10-13,15H2,1-4H3;1H. The molecule has 6 nitrogen and oxygen atoms in total. The number of amides is 1. The van der Waals surface area contributed by atoms with E-state index < -0.39 is 5.63 Å². The van der Waals surface area contributed by atoms with E-state index in [4.69, 9.17) is 9.15 Å². The van der Waals surface area contributed by atoms with Gasteiger partial charge in [0.1, 0.15) is 17.1 Å². The Balaban J connectivity index is 0.00000341. The van der Waals surface area contributed by atoms with Crippen molar-refractivity contribution in [2.75, 3.05) is 33.3 Å². The van der Waals surface area contributed by atoms with Crippen molar-refractivity contribution < 1.29 is 13.9 Å². The molecular weight excluding hydrogens is 416 g/mol. The highest BCUT2D eigenvalue weighted by Gasteiger charge is 2.24. The molecule has 2 heterocycles. The second-order valence-electron chi connectivity index (χ2n) is 8.19. The molecule has 0 spiro atoms. The van der Waals surface area contributed by atoms with Crippen molar-refractivity contribution in [3.05, 3.63) is 62.7 Å². The molecule has 1 atom stereocenters. The second-order valence-corrected chi connectivity index (χ2v) is 8.19. The first-order valence-corrected chi connectivity index (χ1v) is 10.7. The van der Waals surface area contributed by atoms with Crippen LogP contribution in [0.3, 0.4) is 0 Å². The monoisotopic (exact) mass is 448 g/mol. The number of hydrogen-bond donors (Lipinski definition) is 1. The van der Waals surface area contributed by atoms with Gasteiger partial charge >= 0.3 is 5.63 Å². The summed E-state index contributed by atoms with van der Waals surface area (Å²) in [7, 11) is 1.71. The minimum atomic E-state index is -0.542. The van der Waals surface area contributed by atoms with Crippen molar-refractivity contribution in [3.63, 3.8) is 0 Å². The number of piperidine rings is 1. The molecule has 1 aromatic heterocycles. The molecule has 7 heteroatoms. The van der Waals surface area contributed by atoms with Gasteiger partial charge in [-0.3, -0.25) is 4.79 Å². The number of carbonyl (C=O) groups is 1. The minimum Gasteiger partial charge on any atom is -0.493 e. The average molecular weight is 449 g/mol. The summed E-state index contributed by atoms with van der Waals surface area (Å²) in [4.78, 5) is 27.0. The van der Waals surface area contributed by atoms with E-state index in [9.17, 15) is 9.59 Å². The number of benzene rings is 1. The zero-order chi connectivity index (χ0) is 21.7. The van der Waals surface area contributed by atoms with E-state index in [1.165, 1.54) is 0 Å². The molecule has 1 aromatic carbocycles. The predicted octanol–water partition coefficient (Wildman–Crippen LogP) is 3.99. The fourth-order valence-corrected chi connectivity index (χ4v) is 3.98. The molecule has 1 aliphatic heterocycles. The largest absolute Gasteiger partial charge is 0.493 e. The summed E-state index contributed by atoms with van der Waals surface area (Å²) in [6.45, 7) is 8.65. The van der Waals surface area contributed by atoms with Gasteiger partial charge in [-0.2, -0.15) is 0 Å². The minimum absolute atomic E-state index is 0. The molecule has 170 valence electrons. The Hall–Kier alpha value is -2.31. The van der Waals surface area contributed by atoms with Crippen LogP contribution in [0.5, 0.6) is 5.75 Å². The summed E-state index contributed by atoms with van der Waals surface area (Å²) in [5.74, 6) is 1.46. The summed E-state index contributed by atoms with van der Waals surface area (Å²) in [5.41, 5.74) is 2.46. The van der Waals surface area contributed by atoms with E-state index in [1.807, 2.05) is 45.0 Å². The van der Waals surface area contributed by atoms with E-state index in [2.05, 4.69) is 5.32 Å². The van der Waals surface area contributed by atoms with Crippen LogP contribution in [0.4, 0.5) is 0 Å². The Morgan fingerprint density at radius 1 is 1.23 bits per heavy atom. The number of nitrogens with zero attached hydrogens (tertiary/aromatic N) is 1. The zero-order valence-electron chi connectivity index (χ0n) is 18.8. The van der Waals surface area contributed by atoms with Crippen molar-refractivity contribution >= 4 is 18.3 Å². The molecule has 1 fully saturated rings. The van der Waals surface area contributed by atoms with Gasteiger partial charge in [-0.1, -0.05) is 18.2 Å². The van der Waals surface area contributed by atoms with E-state index in [0.29, 0.717) is 30.9 Å². The lowest BCUT2D eigenvalue weighted by Gasteiger charge is -2.22. The molecule has 2 aromatic rings. The quantitative estimate of drug-likeness (QED) is 0.648. The van der Waals surface area contributed by atoms with Crippen LogP contribution < -0.4 is 15.7 Å². The van der Waals surface area contributed by atoms with Crippen LogP contribution in [-0.4, -0.2) is 44.1 Å². The highest BCUT2D eigenvalue weighted by Crippen LogP contribution is 2.24. The number of ether oxygens (including phenoxy) is 1. The van der Waals surface area contributed by atoms with Crippen LogP contribution in [-0.2, 0) is 0 Å². The third-order valence-corrected chi connectivity index (χ3v) is 5.72. The Morgan fingerprint density at radius 3 is 2.55 bits per heavy atom. The van der Waals surface area contributed by atoms with E-state index in [1.54, 1.807) is 11.9 Å². The Bertz CT molecular complexity index is 931. The average Bonchev–Trinajstić information content (AvgIpc) is 2.72. The van der Waals surface area contributed by atoms with Crippen LogP contribution in [0.2, 0.25) is 0 Å². The Kier molecular flexibility index (Phi) is 9.14. The number of aryl methyl sites for hydroxylation is 3. The fourth-order valence-electron chi connectivity index (χ4n) is 3.98. The van der Waals surface area contributed by atoms with Crippen molar-refractivity contribution in [2.24, 2.45) is 0 Å². The second kappa shape index (κ2) is 11.3. The maximum absolute atomic E-state index is 12.9. The molecule has 3 rings (SSSR count). The molecule has 31 heavy (non-hydrogen) atoms. The highest BCUT2D eigenvalue weighted by atomic mass is 35.5. The van der Waals surface area contributed by atoms with Crippen LogP contribution >= 0.6 is 12.4 Å². The van der Waals surface area contributed by atoms with Gasteiger partial charge in [-0.15, -0.1) is 12.4 Å². The normalized spacial score (nSPS) is 15.8. The molecule has 1 N–H and O–H groups in total. The van der Waals surface area contributed by atoms with Crippen LogP contribution in [0.1, 0.15) is 58.0 Å². The predicted molar refractivity (Wildman–Crippen MR) is 125 cm³/mol. The zero-order valence-corrected chi connectivity index (χ0v) is 19.6. The summed E-state index contributed by atoms with van der Waals surface area (Å²) in [6.07, 6.45) is 2.72. The summed E-state index contributed by atoms with van der Waals surface area (Å²) < 4.78 is 11.5. The molecule has 1 amide bonds. The van der Waals surface area contributed by atoms with Gasteiger partial charge in [0.15, 0.2) is 0 Å². The number of carbonyl (C=O) groups excluding carboxylic acids is 1. The van der Waals surface area contributed by atoms with Crippen LogP contribution in [0.15, 0.2) is 33.5 Å². The maximum atomic E-state index is 12.9. The molecule has 1 unspecified atom stereocenters. The lowest BCUT2D eigenvalue weighted by atomic mass is 9.95. The third kappa shape index (κ3) is 6.11. The topological polar surface area (TPSA) is 71.8 Å². The van der Waals surface area contributed by atoms with Gasteiger partial charge in [0.25, 0.3) is 5.91 Å². The summed E-state index contributed by atoms with van der Waals surface area (Å²) >= 11 is 0. The fraction of sp³-hybridized carbons (Fsp3) is 0.500. The molecule has 1 aliphatic rings. The maximum Gasteiger partial charge on any atom is 0.349 e. The molecule has 0 bridgehead atoms. The van der Waals surface area contributed by atoms with Crippen LogP contribution in [0.25, 0.3) is 0 Å². The van der Waals surface area contributed by atoms with Gasteiger partial charge in [-0.25, -0.2) is 4.79 Å². The van der Waals surface area contributed by atoms with Gasteiger partial charge in [0, 0.05) is 26.1 Å². The molecule has 0 aliphatic carbocycles. The first-order valence-electron chi connectivity index (χ1n) is 10.7. The van der Waals surface area contributed by atoms with Gasteiger partial charge in [-0.05, 0) is 69.3 Å². The van der Waals surface area contributed by atoms with Gasteiger partial charge in [0.2, 0.25) is 0 Å².